The summed E-state index contributed by atoms with van der Waals surface area (Å²) < 4.78 is 0. The second-order valence-corrected chi connectivity index (χ2v) is 8.67. The zero-order chi connectivity index (χ0) is 20.2. The molecule has 29 heavy (non-hydrogen) atoms. The van der Waals surface area contributed by atoms with Gasteiger partial charge in [0, 0.05) is 68.4 Å². The van der Waals surface area contributed by atoms with Crippen molar-refractivity contribution in [2.75, 3.05) is 46.3 Å². The molecule has 3 heterocycles. The molecule has 2 aliphatic heterocycles. The lowest BCUT2D eigenvalue weighted by atomic mass is 9.93. The van der Waals surface area contributed by atoms with Crippen molar-refractivity contribution >= 4 is 16.8 Å². The van der Waals surface area contributed by atoms with Crippen LogP contribution in [0.3, 0.4) is 0 Å². The number of H-pyrrole nitrogens is 1. The number of amides is 1. The predicted octanol–water partition coefficient (Wildman–Crippen LogP) is 2.29. The highest BCUT2D eigenvalue weighted by atomic mass is 16.2. The van der Waals surface area contributed by atoms with Gasteiger partial charge in [0.1, 0.15) is 0 Å². The Hall–Kier alpha value is -2.18. The SMILES string of the molecule is CN1CCN(C(=O)CC[C@@H]2CCCN(Cc3cc(=O)c4ccccc4[nH]3)C2)CC1. The van der Waals surface area contributed by atoms with Gasteiger partial charge in [-0.1, -0.05) is 12.1 Å². The van der Waals surface area contributed by atoms with Gasteiger partial charge in [-0.05, 0) is 50.9 Å². The molecule has 2 fully saturated rings. The Morgan fingerprint density at radius 3 is 2.76 bits per heavy atom. The number of fused-ring (bicyclic) bond motifs is 1. The summed E-state index contributed by atoms with van der Waals surface area (Å²) >= 11 is 0. The van der Waals surface area contributed by atoms with Crippen molar-refractivity contribution < 1.29 is 4.79 Å². The van der Waals surface area contributed by atoms with Gasteiger partial charge in [0.15, 0.2) is 5.43 Å². The van der Waals surface area contributed by atoms with Gasteiger partial charge in [0.2, 0.25) is 5.91 Å². The number of hydrogen-bond acceptors (Lipinski definition) is 4. The predicted molar refractivity (Wildman–Crippen MR) is 116 cm³/mol. The largest absolute Gasteiger partial charge is 0.357 e. The first kappa shape index (κ1) is 20.1. The van der Waals surface area contributed by atoms with E-state index < -0.39 is 0 Å². The summed E-state index contributed by atoms with van der Waals surface area (Å²) in [6.07, 6.45) is 3.98. The van der Waals surface area contributed by atoms with Crippen molar-refractivity contribution in [2.24, 2.45) is 5.92 Å². The number of piperidine rings is 1. The number of likely N-dealkylation sites (N-methyl/N-ethyl adjacent to an activating group) is 1. The van der Waals surface area contributed by atoms with Crippen molar-refractivity contribution in [3.8, 4) is 0 Å². The Balaban J connectivity index is 1.30. The van der Waals surface area contributed by atoms with E-state index in [4.69, 9.17) is 0 Å². The van der Waals surface area contributed by atoms with Gasteiger partial charge in [-0.25, -0.2) is 0 Å². The van der Waals surface area contributed by atoms with Crippen molar-refractivity contribution in [3.63, 3.8) is 0 Å². The van der Waals surface area contributed by atoms with Crippen LogP contribution in [0, 0.1) is 5.92 Å². The summed E-state index contributed by atoms with van der Waals surface area (Å²) in [4.78, 5) is 35.1. The van der Waals surface area contributed by atoms with Gasteiger partial charge in [-0.15, -0.1) is 0 Å². The Morgan fingerprint density at radius 2 is 1.93 bits per heavy atom. The summed E-state index contributed by atoms with van der Waals surface area (Å²) in [6.45, 7) is 6.51. The van der Waals surface area contributed by atoms with Crippen LogP contribution in [-0.4, -0.2) is 71.9 Å². The first-order valence-electron chi connectivity index (χ1n) is 10.9. The zero-order valence-electron chi connectivity index (χ0n) is 17.4. The molecule has 1 aromatic heterocycles. The minimum absolute atomic E-state index is 0.0840. The molecule has 1 N–H and O–H groups in total. The van der Waals surface area contributed by atoms with E-state index in [-0.39, 0.29) is 5.43 Å². The monoisotopic (exact) mass is 396 g/mol. The molecule has 0 aliphatic carbocycles. The van der Waals surface area contributed by atoms with Crippen molar-refractivity contribution in [2.45, 2.75) is 32.2 Å². The fourth-order valence-electron chi connectivity index (χ4n) is 4.65. The van der Waals surface area contributed by atoms with Gasteiger partial charge in [-0.3, -0.25) is 14.5 Å². The average Bonchev–Trinajstić information content (AvgIpc) is 2.73. The van der Waals surface area contributed by atoms with Crippen LogP contribution in [-0.2, 0) is 11.3 Å². The van der Waals surface area contributed by atoms with Gasteiger partial charge >= 0.3 is 0 Å². The van der Waals surface area contributed by atoms with E-state index in [2.05, 4.69) is 21.8 Å². The molecule has 1 amide bonds. The van der Waals surface area contributed by atoms with E-state index >= 15 is 0 Å². The molecule has 1 aromatic carbocycles. The van der Waals surface area contributed by atoms with Crippen LogP contribution in [0.4, 0.5) is 0 Å². The second kappa shape index (κ2) is 9.09. The number of rotatable bonds is 5. The topological polar surface area (TPSA) is 59.6 Å². The highest BCUT2D eigenvalue weighted by molar-refractivity contribution is 5.78. The maximum absolute atomic E-state index is 12.5. The Bertz CT molecular complexity index is 901. The van der Waals surface area contributed by atoms with Gasteiger partial charge in [0.25, 0.3) is 0 Å². The molecule has 0 saturated carbocycles. The molecule has 0 radical (unpaired) electrons. The summed E-state index contributed by atoms with van der Waals surface area (Å²) in [5.74, 6) is 0.876. The first-order chi connectivity index (χ1) is 14.1. The van der Waals surface area contributed by atoms with Crippen LogP contribution in [0.1, 0.15) is 31.4 Å². The van der Waals surface area contributed by atoms with Crippen LogP contribution in [0.5, 0.6) is 0 Å². The lowest BCUT2D eigenvalue weighted by Crippen LogP contribution is -2.47. The number of hydrogen-bond donors (Lipinski definition) is 1. The molecule has 0 bridgehead atoms. The van der Waals surface area contributed by atoms with E-state index in [1.807, 2.05) is 29.2 Å². The molecule has 2 saturated heterocycles. The number of nitrogens with one attached hydrogen (secondary N) is 1. The lowest BCUT2D eigenvalue weighted by Gasteiger charge is -2.34. The van der Waals surface area contributed by atoms with E-state index in [1.54, 1.807) is 6.07 Å². The van der Waals surface area contributed by atoms with Gasteiger partial charge in [0.05, 0.1) is 0 Å². The van der Waals surface area contributed by atoms with E-state index in [1.165, 1.54) is 6.42 Å². The Morgan fingerprint density at radius 1 is 1.14 bits per heavy atom. The second-order valence-electron chi connectivity index (χ2n) is 8.67. The summed E-state index contributed by atoms with van der Waals surface area (Å²) in [5.41, 5.74) is 1.96. The molecule has 6 heteroatoms. The smallest absolute Gasteiger partial charge is 0.222 e. The molecule has 0 unspecified atom stereocenters. The number of para-hydroxylation sites is 1. The number of aromatic nitrogens is 1. The van der Waals surface area contributed by atoms with Crippen LogP contribution in [0.15, 0.2) is 35.1 Å². The van der Waals surface area contributed by atoms with E-state index in [0.717, 1.165) is 75.3 Å². The molecule has 156 valence electrons. The number of nitrogens with zero attached hydrogens (tertiary/aromatic N) is 3. The van der Waals surface area contributed by atoms with Crippen LogP contribution >= 0.6 is 0 Å². The molecule has 6 nitrogen and oxygen atoms in total. The Kier molecular flexibility index (Phi) is 6.31. The van der Waals surface area contributed by atoms with Crippen LogP contribution < -0.4 is 5.43 Å². The quantitative estimate of drug-likeness (QED) is 0.843. The number of aromatic amines is 1. The minimum Gasteiger partial charge on any atom is -0.357 e. The molecule has 0 spiro atoms. The normalized spacial score (nSPS) is 21.6. The highest BCUT2D eigenvalue weighted by Gasteiger charge is 2.23. The number of carbonyl (C=O) groups excluding carboxylic acids is 1. The van der Waals surface area contributed by atoms with Crippen molar-refractivity contribution in [1.29, 1.82) is 0 Å². The number of pyridine rings is 1. The zero-order valence-corrected chi connectivity index (χ0v) is 17.4. The summed E-state index contributed by atoms with van der Waals surface area (Å²) in [5, 5.41) is 0.746. The molecule has 4 rings (SSSR count). The summed E-state index contributed by atoms with van der Waals surface area (Å²) in [6, 6.07) is 9.42. The third-order valence-corrected chi connectivity index (χ3v) is 6.41. The van der Waals surface area contributed by atoms with E-state index in [9.17, 15) is 9.59 Å². The Labute approximate surface area is 172 Å². The highest BCUT2D eigenvalue weighted by Crippen LogP contribution is 2.23. The number of piperazine rings is 1. The van der Waals surface area contributed by atoms with Gasteiger partial charge in [-0.2, -0.15) is 0 Å². The van der Waals surface area contributed by atoms with Crippen LogP contribution in [0.2, 0.25) is 0 Å². The fraction of sp³-hybridized carbons (Fsp3) is 0.565. The molecule has 2 aliphatic rings. The first-order valence-corrected chi connectivity index (χ1v) is 10.9. The van der Waals surface area contributed by atoms with Gasteiger partial charge < -0.3 is 14.8 Å². The fourth-order valence-corrected chi connectivity index (χ4v) is 4.65. The minimum atomic E-state index is 0.0840. The molecular formula is C23H32N4O2. The third kappa shape index (κ3) is 5.06. The van der Waals surface area contributed by atoms with Crippen molar-refractivity contribution in [1.82, 2.24) is 19.7 Å². The number of likely N-dealkylation sites (tertiary alicyclic amines) is 1. The standard InChI is InChI=1S/C23H32N4O2/c1-25-11-13-27(14-12-25)23(29)9-8-18-5-4-10-26(16-18)17-19-15-22(28)20-6-2-3-7-21(20)24-19/h2-3,6-7,15,18H,4-5,8-14,16-17H2,1H3,(H,24,28)/t18-/m0/s1. The number of benzene rings is 1. The maximum Gasteiger partial charge on any atom is 0.222 e. The molecule has 2 aromatic rings. The lowest BCUT2D eigenvalue weighted by molar-refractivity contribution is -0.133. The molecular weight excluding hydrogens is 364 g/mol. The average molecular weight is 397 g/mol. The third-order valence-electron chi connectivity index (χ3n) is 6.41. The van der Waals surface area contributed by atoms with Crippen LogP contribution in [0.25, 0.3) is 10.9 Å². The van der Waals surface area contributed by atoms with Crippen molar-refractivity contribution in [3.05, 3.63) is 46.2 Å². The maximum atomic E-state index is 12.5. The molecule has 1 atom stereocenters. The summed E-state index contributed by atoms with van der Waals surface area (Å²) in [7, 11) is 2.11. The van der Waals surface area contributed by atoms with E-state index in [0.29, 0.717) is 18.2 Å². The number of carbonyl (C=O) groups is 1.